The van der Waals surface area contributed by atoms with E-state index in [2.05, 4.69) is 19.1 Å². The van der Waals surface area contributed by atoms with Gasteiger partial charge in [0.05, 0.1) is 6.61 Å². The summed E-state index contributed by atoms with van der Waals surface area (Å²) >= 11 is 0. The molecule has 0 spiro atoms. The Hall–Kier alpha value is -0.710. The van der Waals surface area contributed by atoms with Crippen LogP contribution in [0.3, 0.4) is 0 Å². The number of carbonyl (C=O) groups is 1. The van der Waals surface area contributed by atoms with Crippen LogP contribution in [0.2, 0.25) is 0 Å². The SMILES string of the molecule is CCCCCCCC/C=C/CCCCCCCC(=O)C(O)[C@@H](O)CO. The van der Waals surface area contributed by atoms with Crippen LogP contribution in [0.15, 0.2) is 12.2 Å². The van der Waals surface area contributed by atoms with E-state index in [1.807, 2.05) is 0 Å². The molecular formula is C21H40O4. The van der Waals surface area contributed by atoms with Gasteiger partial charge in [0.2, 0.25) is 0 Å². The molecule has 0 radical (unpaired) electrons. The molecule has 0 bridgehead atoms. The normalized spacial score (nSPS) is 14.1. The summed E-state index contributed by atoms with van der Waals surface area (Å²) in [7, 11) is 0. The minimum absolute atomic E-state index is 0.274. The van der Waals surface area contributed by atoms with Gasteiger partial charge in [-0.25, -0.2) is 0 Å². The Balaban J connectivity index is 3.33. The zero-order chi connectivity index (χ0) is 18.8. The molecule has 25 heavy (non-hydrogen) atoms. The van der Waals surface area contributed by atoms with Gasteiger partial charge in [-0.05, 0) is 32.1 Å². The molecule has 0 amide bonds. The second kappa shape index (κ2) is 18.1. The maximum absolute atomic E-state index is 11.5. The molecule has 0 aliphatic heterocycles. The van der Waals surface area contributed by atoms with Gasteiger partial charge in [0.25, 0.3) is 0 Å². The highest BCUT2D eigenvalue weighted by Gasteiger charge is 2.22. The first-order chi connectivity index (χ1) is 12.1. The molecule has 4 heteroatoms. The number of aliphatic hydroxyl groups excluding tert-OH is 3. The Morgan fingerprint density at radius 2 is 1.28 bits per heavy atom. The van der Waals surface area contributed by atoms with E-state index in [-0.39, 0.29) is 12.2 Å². The quantitative estimate of drug-likeness (QED) is 0.253. The van der Waals surface area contributed by atoms with Crippen molar-refractivity contribution in [3.63, 3.8) is 0 Å². The number of Topliss-reactive ketones (excluding diaryl/α,β-unsaturated/α-hetero) is 1. The van der Waals surface area contributed by atoms with Gasteiger partial charge in [-0.1, -0.05) is 70.4 Å². The smallest absolute Gasteiger partial charge is 0.164 e. The number of hydrogen-bond donors (Lipinski definition) is 3. The zero-order valence-corrected chi connectivity index (χ0v) is 16.2. The molecule has 148 valence electrons. The van der Waals surface area contributed by atoms with Crippen LogP contribution in [0.25, 0.3) is 0 Å². The predicted octanol–water partition coefficient (Wildman–Crippen LogP) is 4.31. The van der Waals surface area contributed by atoms with Gasteiger partial charge in [-0.2, -0.15) is 0 Å². The van der Waals surface area contributed by atoms with Crippen molar-refractivity contribution in [1.29, 1.82) is 0 Å². The first-order valence-electron chi connectivity index (χ1n) is 10.3. The fourth-order valence-electron chi connectivity index (χ4n) is 2.83. The first kappa shape index (κ1) is 24.3. The van der Waals surface area contributed by atoms with Crippen LogP contribution in [-0.2, 0) is 4.79 Å². The lowest BCUT2D eigenvalue weighted by Crippen LogP contribution is -2.36. The van der Waals surface area contributed by atoms with Crippen molar-refractivity contribution in [3.05, 3.63) is 12.2 Å². The van der Waals surface area contributed by atoms with Gasteiger partial charge in [0.1, 0.15) is 12.2 Å². The Bertz CT molecular complexity index is 328. The van der Waals surface area contributed by atoms with E-state index in [0.29, 0.717) is 0 Å². The standard InChI is InChI=1S/C21H40O4/c1-2-3-4-5-6-7-8-9-10-11-12-13-14-15-16-17-19(23)21(25)20(24)18-22/h9-10,20-22,24-25H,2-8,11-18H2,1H3/b10-9+/t20-,21?/m0/s1. The van der Waals surface area contributed by atoms with Crippen LogP contribution in [0.4, 0.5) is 0 Å². The van der Waals surface area contributed by atoms with Gasteiger partial charge < -0.3 is 15.3 Å². The van der Waals surface area contributed by atoms with E-state index in [4.69, 9.17) is 5.11 Å². The highest BCUT2D eigenvalue weighted by molar-refractivity contribution is 5.83. The molecule has 0 saturated heterocycles. The lowest BCUT2D eigenvalue weighted by molar-refractivity contribution is -0.134. The summed E-state index contributed by atoms with van der Waals surface area (Å²) in [4.78, 5) is 11.5. The van der Waals surface area contributed by atoms with E-state index in [9.17, 15) is 15.0 Å². The third kappa shape index (κ3) is 15.3. The summed E-state index contributed by atoms with van der Waals surface area (Å²) in [6.07, 6.45) is 17.7. The maximum atomic E-state index is 11.5. The predicted molar refractivity (Wildman–Crippen MR) is 104 cm³/mol. The monoisotopic (exact) mass is 356 g/mol. The Morgan fingerprint density at radius 1 is 0.800 bits per heavy atom. The van der Waals surface area contributed by atoms with Crippen molar-refractivity contribution in [3.8, 4) is 0 Å². The van der Waals surface area contributed by atoms with Crippen molar-refractivity contribution in [1.82, 2.24) is 0 Å². The summed E-state index contributed by atoms with van der Waals surface area (Å²) in [5, 5.41) is 27.3. The molecule has 0 aliphatic carbocycles. The van der Waals surface area contributed by atoms with Gasteiger partial charge in [0, 0.05) is 6.42 Å². The lowest BCUT2D eigenvalue weighted by atomic mass is 10.0. The maximum Gasteiger partial charge on any atom is 0.164 e. The van der Waals surface area contributed by atoms with E-state index in [0.717, 1.165) is 32.1 Å². The van der Waals surface area contributed by atoms with E-state index >= 15 is 0 Å². The fraction of sp³-hybridized carbons (Fsp3) is 0.857. The molecule has 0 saturated carbocycles. The number of ketones is 1. The van der Waals surface area contributed by atoms with Crippen LogP contribution in [0, 0.1) is 0 Å². The second-order valence-corrected chi connectivity index (χ2v) is 7.00. The van der Waals surface area contributed by atoms with Crippen LogP contribution >= 0.6 is 0 Å². The molecule has 2 atom stereocenters. The molecule has 1 unspecified atom stereocenters. The molecule has 0 fully saturated rings. The zero-order valence-electron chi connectivity index (χ0n) is 16.2. The van der Waals surface area contributed by atoms with Crippen LogP contribution in [0.1, 0.15) is 96.8 Å². The molecule has 0 rings (SSSR count). The van der Waals surface area contributed by atoms with Gasteiger partial charge in [-0.15, -0.1) is 0 Å². The molecule has 0 aromatic rings. The molecule has 4 nitrogen and oxygen atoms in total. The summed E-state index contributed by atoms with van der Waals surface area (Å²) < 4.78 is 0. The van der Waals surface area contributed by atoms with E-state index in [1.54, 1.807) is 0 Å². The third-order valence-corrected chi connectivity index (χ3v) is 4.57. The Morgan fingerprint density at radius 3 is 1.80 bits per heavy atom. The van der Waals surface area contributed by atoms with Crippen LogP contribution in [-0.4, -0.2) is 39.9 Å². The average molecular weight is 357 g/mol. The number of rotatable bonds is 18. The summed E-state index contributed by atoms with van der Waals surface area (Å²) in [5.41, 5.74) is 0. The minimum atomic E-state index is -1.44. The number of aliphatic hydroxyl groups is 3. The van der Waals surface area contributed by atoms with Gasteiger partial charge >= 0.3 is 0 Å². The first-order valence-corrected chi connectivity index (χ1v) is 10.3. The van der Waals surface area contributed by atoms with E-state index < -0.39 is 18.8 Å². The number of allylic oxidation sites excluding steroid dienone is 2. The van der Waals surface area contributed by atoms with Crippen molar-refractivity contribution >= 4 is 5.78 Å². The molecular weight excluding hydrogens is 316 g/mol. The molecule has 0 aliphatic rings. The third-order valence-electron chi connectivity index (χ3n) is 4.57. The number of unbranched alkanes of at least 4 members (excludes halogenated alkanes) is 11. The fourth-order valence-corrected chi connectivity index (χ4v) is 2.83. The van der Waals surface area contributed by atoms with Crippen molar-refractivity contribution in [2.45, 2.75) is 109 Å². The van der Waals surface area contributed by atoms with Gasteiger partial charge in [0.15, 0.2) is 5.78 Å². The molecule has 3 N–H and O–H groups in total. The van der Waals surface area contributed by atoms with Crippen molar-refractivity contribution in [2.75, 3.05) is 6.61 Å². The Labute approximate surface area is 154 Å². The Kier molecular flexibility index (Phi) is 17.6. The summed E-state index contributed by atoms with van der Waals surface area (Å²) in [5.74, 6) is -0.376. The largest absolute Gasteiger partial charge is 0.394 e. The molecule has 0 aromatic carbocycles. The minimum Gasteiger partial charge on any atom is -0.394 e. The number of hydrogen-bond acceptors (Lipinski definition) is 4. The topological polar surface area (TPSA) is 77.8 Å². The highest BCUT2D eigenvalue weighted by atomic mass is 16.4. The summed E-state index contributed by atoms with van der Waals surface area (Å²) in [6, 6.07) is 0. The van der Waals surface area contributed by atoms with Crippen LogP contribution < -0.4 is 0 Å². The molecule has 0 heterocycles. The second-order valence-electron chi connectivity index (χ2n) is 7.00. The van der Waals surface area contributed by atoms with Crippen molar-refractivity contribution < 1.29 is 20.1 Å². The number of carbonyl (C=O) groups excluding carboxylic acids is 1. The average Bonchev–Trinajstić information content (AvgIpc) is 2.63. The van der Waals surface area contributed by atoms with Gasteiger partial charge in [-0.3, -0.25) is 4.79 Å². The van der Waals surface area contributed by atoms with E-state index in [1.165, 1.54) is 51.4 Å². The lowest BCUT2D eigenvalue weighted by Gasteiger charge is -2.13. The van der Waals surface area contributed by atoms with Crippen LogP contribution in [0.5, 0.6) is 0 Å². The van der Waals surface area contributed by atoms with Crippen molar-refractivity contribution in [2.24, 2.45) is 0 Å². The summed E-state index contributed by atoms with van der Waals surface area (Å²) in [6.45, 7) is 1.66. The highest BCUT2D eigenvalue weighted by Crippen LogP contribution is 2.11. The molecule has 0 aromatic heterocycles.